The molecule has 0 bridgehead atoms. The molecular formula is C15H24N4O2. The van der Waals surface area contributed by atoms with Crippen molar-refractivity contribution >= 4 is 5.91 Å². The van der Waals surface area contributed by atoms with E-state index in [4.69, 9.17) is 4.74 Å². The number of likely N-dealkylation sites (tertiary alicyclic amines) is 1. The van der Waals surface area contributed by atoms with Crippen LogP contribution in [-0.4, -0.2) is 59.0 Å². The standard InChI is InChI=1S/C15H24N4O2/c1-21-12-6-9-18(10-12)14-5-2-4-13(14)17-15(20)11-19-8-3-7-16-19/h3,7-8,12-14H,2,4-6,9-11H2,1H3,(H,17,20)/t12?,13-,14+/m1/s1. The molecule has 1 aromatic rings. The molecule has 6 heteroatoms. The fraction of sp³-hybridized carbons (Fsp3) is 0.733. The molecule has 1 unspecified atom stereocenters. The minimum Gasteiger partial charge on any atom is -0.380 e. The Bertz CT molecular complexity index is 462. The van der Waals surface area contributed by atoms with Crippen LogP contribution in [0.15, 0.2) is 18.5 Å². The normalized spacial score (nSPS) is 29.9. The first-order valence-electron chi connectivity index (χ1n) is 7.80. The highest BCUT2D eigenvalue weighted by molar-refractivity contribution is 5.76. The van der Waals surface area contributed by atoms with E-state index in [2.05, 4.69) is 15.3 Å². The Hall–Kier alpha value is -1.40. The van der Waals surface area contributed by atoms with E-state index in [9.17, 15) is 4.79 Å². The molecule has 1 aliphatic carbocycles. The molecule has 116 valence electrons. The van der Waals surface area contributed by atoms with Crippen molar-refractivity contribution in [2.45, 2.75) is 50.4 Å². The van der Waals surface area contributed by atoms with Gasteiger partial charge in [-0.25, -0.2) is 0 Å². The number of aromatic nitrogens is 2. The zero-order valence-corrected chi connectivity index (χ0v) is 12.6. The largest absolute Gasteiger partial charge is 0.380 e. The van der Waals surface area contributed by atoms with Gasteiger partial charge in [0, 0.05) is 44.7 Å². The van der Waals surface area contributed by atoms with Gasteiger partial charge in [-0.1, -0.05) is 0 Å². The van der Waals surface area contributed by atoms with Crippen molar-refractivity contribution in [2.75, 3.05) is 20.2 Å². The van der Waals surface area contributed by atoms with E-state index >= 15 is 0 Å². The Labute approximate surface area is 125 Å². The molecule has 1 aromatic heterocycles. The Balaban J connectivity index is 1.53. The van der Waals surface area contributed by atoms with Crippen LogP contribution in [0.3, 0.4) is 0 Å². The van der Waals surface area contributed by atoms with E-state index in [0.717, 1.165) is 25.9 Å². The average Bonchev–Trinajstić information content (AvgIpc) is 3.18. The Morgan fingerprint density at radius 3 is 3.05 bits per heavy atom. The molecule has 0 radical (unpaired) electrons. The van der Waals surface area contributed by atoms with Crippen LogP contribution in [0.25, 0.3) is 0 Å². The second-order valence-electron chi connectivity index (χ2n) is 6.02. The molecule has 6 nitrogen and oxygen atoms in total. The summed E-state index contributed by atoms with van der Waals surface area (Å²) in [6.07, 6.45) is 8.39. The van der Waals surface area contributed by atoms with Crippen molar-refractivity contribution in [1.82, 2.24) is 20.0 Å². The highest BCUT2D eigenvalue weighted by atomic mass is 16.5. The molecule has 3 atom stereocenters. The van der Waals surface area contributed by atoms with Gasteiger partial charge in [0.2, 0.25) is 5.91 Å². The summed E-state index contributed by atoms with van der Waals surface area (Å²) in [6, 6.07) is 2.57. The molecule has 3 rings (SSSR count). The van der Waals surface area contributed by atoms with Crippen LogP contribution in [0.4, 0.5) is 0 Å². The van der Waals surface area contributed by atoms with Gasteiger partial charge in [-0.05, 0) is 31.7 Å². The Morgan fingerprint density at radius 2 is 2.33 bits per heavy atom. The predicted molar refractivity (Wildman–Crippen MR) is 78.8 cm³/mol. The zero-order valence-electron chi connectivity index (χ0n) is 12.6. The van der Waals surface area contributed by atoms with Crippen LogP contribution >= 0.6 is 0 Å². The summed E-state index contributed by atoms with van der Waals surface area (Å²) in [5.41, 5.74) is 0. The van der Waals surface area contributed by atoms with Crippen molar-refractivity contribution in [1.29, 1.82) is 0 Å². The third kappa shape index (κ3) is 3.44. The molecule has 2 heterocycles. The minimum atomic E-state index is 0.0538. The van der Waals surface area contributed by atoms with Crippen LogP contribution < -0.4 is 5.32 Å². The molecular weight excluding hydrogens is 268 g/mol. The molecule has 0 aromatic carbocycles. The number of carbonyl (C=O) groups excluding carboxylic acids is 1. The van der Waals surface area contributed by atoms with Crippen LogP contribution in [0.2, 0.25) is 0 Å². The topological polar surface area (TPSA) is 59.4 Å². The SMILES string of the molecule is COC1CCN([C@H]2CCC[C@H]2NC(=O)Cn2cccn2)C1. The van der Waals surface area contributed by atoms with Crippen LogP contribution in [0, 0.1) is 0 Å². The highest BCUT2D eigenvalue weighted by Gasteiger charge is 2.36. The summed E-state index contributed by atoms with van der Waals surface area (Å²) < 4.78 is 7.11. The summed E-state index contributed by atoms with van der Waals surface area (Å²) in [6.45, 7) is 2.37. The van der Waals surface area contributed by atoms with Crippen molar-refractivity contribution in [3.05, 3.63) is 18.5 Å². The minimum absolute atomic E-state index is 0.0538. The van der Waals surface area contributed by atoms with Gasteiger partial charge in [0.1, 0.15) is 6.54 Å². The van der Waals surface area contributed by atoms with Gasteiger partial charge in [0.25, 0.3) is 0 Å². The van der Waals surface area contributed by atoms with E-state index in [-0.39, 0.29) is 11.9 Å². The lowest BCUT2D eigenvalue weighted by Crippen LogP contribution is -2.49. The molecule has 1 amide bonds. The second kappa shape index (κ2) is 6.58. The smallest absolute Gasteiger partial charge is 0.242 e. The number of amides is 1. The molecule has 1 saturated heterocycles. The van der Waals surface area contributed by atoms with E-state index in [1.165, 1.54) is 12.8 Å². The van der Waals surface area contributed by atoms with E-state index in [1.807, 2.05) is 12.3 Å². The highest BCUT2D eigenvalue weighted by Crippen LogP contribution is 2.27. The quantitative estimate of drug-likeness (QED) is 0.865. The fourth-order valence-corrected chi connectivity index (χ4v) is 3.59. The van der Waals surface area contributed by atoms with Crippen molar-refractivity contribution in [3.8, 4) is 0 Å². The van der Waals surface area contributed by atoms with Gasteiger partial charge < -0.3 is 10.1 Å². The Morgan fingerprint density at radius 1 is 1.43 bits per heavy atom. The van der Waals surface area contributed by atoms with Crippen molar-refractivity contribution in [2.24, 2.45) is 0 Å². The van der Waals surface area contributed by atoms with E-state index in [1.54, 1.807) is 18.0 Å². The van der Waals surface area contributed by atoms with Gasteiger partial charge in [-0.15, -0.1) is 0 Å². The van der Waals surface area contributed by atoms with Gasteiger partial charge in [0.15, 0.2) is 0 Å². The van der Waals surface area contributed by atoms with Gasteiger partial charge in [-0.2, -0.15) is 5.10 Å². The van der Waals surface area contributed by atoms with Gasteiger partial charge in [-0.3, -0.25) is 14.4 Å². The summed E-state index contributed by atoms with van der Waals surface area (Å²) in [5.74, 6) is 0.0538. The van der Waals surface area contributed by atoms with Crippen molar-refractivity contribution < 1.29 is 9.53 Å². The lowest BCUT2D eigenvalue weighted by atomic mass is 10.1. The van der Waals surface area contributed by atoms with E-state index in [0.29, 0.717) is 18.7 Å². The summed E-state index contributed by atoms with van der Waals surface area (Å²) in [7, 11) is 1.78. The number of ether oxygens (including phenoxy) is 1. The number of methoxy groups -OCH3 is 1. The van der Waals surface area contributed by atoms with Crippen LogP contribution in [0.5, 0.6) is 0 Å². The first-order chi connectivity index (χ1) is 10.3. The van der Waals surface area contributed by atoms with Gasteiger partial charge >= 0.3 is 0 Å². The maximum atomic E-state index is 12.1. The Kier molecular flexibility index (Phi) is 4.55. The monoisotopic (exact) mass is 292 g/mol. The summed E-state index contributed by atoms with van der Waals surface area (Å²) in [5, 5.41) is 7.27. The molecule has 1 saturated carbocycles. The molecule has 1 N–H and O–H groups in total. The lowest BCUT2D eigenvalue weighted by Gasteiger charge is -2.30. The second-order valence-corrected chi connectivity index (χ2v) is 6.02. The number of rotatable bonds is 5. The number of hydrogen-bond donors (Lipinski definition) is 1. The van der Waals surface area contributed by atoms with Crippen LogP contribution in [0.1, 0.15) is 25.7 Å². The number of hydrogen-bond acceptors (Lipinski definition) is 4. The van der Waals surface area contributed by atoms with Crippen molar-refractivity contribution in [3.63, 3.8) is 0 Å². The number of carbonyl (C=O) groups is 1. The molecule has 1 aliphatic heterocycles. The lowest BCUT2D eigenvalue weighted by molar-refractivity contribution is -0.122. The first kappa shape index (κ1) is 14.5. The predicted octanol–water partition coefficient (Wildman–Crippen LogP) is 0.641. The first-order valence-corrected chi connectivity index (χ1v) is 7.80. The fourth-order valence-electron chi connectivity index (χ4n) is 3.59. The molecule has 2 fully saturated rings. The maximum Gasteiger partial charge on any atom is 0.242 e. The summed E-state index contributed by atoms with van der Waals surface area (Å²) >= 11 is 0. The third-order valence-corrected chi connectivity index (χ3v) is 4.67. The summed E-state index contributed by atoms with van der Waals surface area (Å²) in [4.78, 5) is 14.6. The van der Waals surface area contributed by atoms with Crippen LogP contribution in [-0.2, 0) is 16.1 Å². The molecule has 2 aliphatic rings. The molecule has 21 heavy (non-hydrogen) atoms. The number of nitrogens with one attached hydrogen (secondary N) is 1. The maximum absolute atomic E-state index is 12.1. The average molecular weight is 292 g/mol. The van der Waals surface area contributed by atoms with E-state index < -0.39 is 0 Å². The molecule has 0 spiro atoms. The van der Waals surface area contributed by atoms with Gasteiger partial charge in [0.05, 0.1) is 6.10 Å². The third-order valence-electron chi connectivity index (χ3n) is 4.67. The number of nitrogens with zero attached hydrogens (tertiary/aromatic N) is 3. The zero-order chi connectivity index (χ0) is 14.7.